The van der Waals surface area contributed by atoms with Crippen molar-refractivity contribution in [3.05, 3.63) is 0 Å². The van der Waals surface area contributed by atoms with Crippen molar-refractivity contribution in [2.45, 2.75) is 71.2 Å². The average Bonchev–Trinajstić information content (AvgIpc) is 2.68. The molecule has 0 aliphatic heterocycles. The van der Waals surface area contributed by atoms with E-state index in [2.05, 4.69) is 20.8 Å². The Kier molecular flexibility index (Phi) is 3.09. The maximum atomic E-state index is 9.94. The van der Waals surface area contributed by atoms with E-state index in [1.165, 1.54) is 25.7 Å². The number of ether oxygens (including phenoxy) is 1. The van der Waals surface area contributed by atoms with Gasteiger partial charge in [0, 0.05) is 11.8 Å². The maximum absolute atomic E-state index is 9.94. The van der Waals surface area contributed by atoms with Crippen LogP contribution in [0.1, 0.15) is 52.9 Å². The van der Waals surface area contributed by atoms with Gasteiger partial charge in [-0.05, 0) is 25.7 Å². The van der Waals surface area contributed by atoms with Gasteiger partial charge in [-0.25, -0.2) is 0 Å². The number of hydrogen-bond acceptors (Lipinski definition) is 2. The van der Waals surface area contributed by atoms with E-state index in [0.29, 0.717) is 18.1 Å². The highest BCUT2D eigenvalue weighted by atomic mass is 16.5. The van der Waals surface area contributed by atoms with Crippen LogP contribution in [0.3, 0.4) is 0 Å². The van der Waals surface area contributed by atoms with Crippen molar-refractivity contribution in [2.24, 2.45) is 11.3 Å². The molecule has 2 fully saturated rings. The molecule has 0 bridgehead atoms. The van der Waals surface area contributed by atoms with Gasteiger partial charge >= 0.3 is 0 Å². The first-order chi connectivity index (χ1) is 7.06. The summed E-state index contributed by atoms with van der Waals surface area (Å²) in [6, 6.07) is 0. The first-order valence-electron chi connectivity index (χ1n) is 6.40. The number of aliphatic hydroxyl groups is 1. The number of aliphatic hydroxyl groups excluding tert-OH is 1. The first-order valence-corrected chi connectivity index (χ1v) is 6.40. The molecule has 1 N–H and O–H groups in total. The summed E-state index contributed by atoms with van der Waals surface area (Å²) in [6.45, 7) is 6.54. The molecule has 3 unspecified atom stereocenters. The molecule has 2 nitrogen and oxygen atoms in total. The van der Waals surface area contributed by atoms with Gasteiger partial charge < -0.3 is 9.84 Å². The Balaban J connectivity index is 1.94. The standard InChI is InChI=1S/C13H24O2/c1-9(2)10(3)15-12-8-11(14)13(12)6-4-5-7-13/h9-12,14H,4-8H2,1-3H3. The van der Waals surface area contributed by atoms with Gasteiger partial charge in [0.2, 0.25) is 0 Å². The van der Waals surface area contributed by atoms with Crippen LogP contribution in [0.2, 0.25) is 0 Å². The molecule has 0 heterocycles. The summed E-state index contributed by atoms with van der Waals surface area (Å²) in [7, 11) is 0. The predicted octanol–water partition coefficient (Wildman–Crippen LogP) is 2.74. The van der Waals surface area contributed by atoms with Crippen LogP contribution in [0.15, 0.2) is 0 Å². The molecule has 0 aromatic heterocycles. The second-order valence-corrected chi connectivity index (χ2v) is 5.77. The molecule has 0 radical (unpaired) electrons. The quantitative estimate of drug-likeness (QED) is 0.779. The smallest absolute Gasteiger partial charge is 0.0684 e. The van der Waals surface area contributed by atoms with E-state index in [1.54, 1.807) is 0 Å². The fourth-order valence-electron chi connectivity index (χ4n) is 3.02. The molecule has 88 valence electrons. The van der Waals surface area contributed by atoms with Crippen molar-refractivity contribution < 1.29 is 9.84 Å². The van der Waals surface area contributed by atoms with Gasteiger partial charge in [-0.2, -0.15) is 0 Å². The molecule has 0 saturated heterocycles. The molecule has 2 rings (SSSR count). The second kappa shape index (κ2) is 4.06. The highest BCUT2D eigenvalue weighted by Crippen LogP contribution is 2.55. The van der Waals surface area contributed by atoms with E-state index in [4.69, 9.17) is 4.74 Å². The second-order valence-electron chi connectivity index (χ2n) is 5.77. The van der Waals surface area contributed by atoms with Crippen molar-refractivity contribution in [1.29, 1.82) is 0 Å². The van der Waals surface area contributed by atoms with Gasteiger partial charge in [-0.1, -0.05) is 26.7 Å². The summed E-state index contributed by atoms with van der Waals surface area (Å²) in [6.07, 6.45) is 6.29. The highest BCUT2D eigenvalue weighted by molar-refractivity contribution is 5.06. The van der Waals surface area contributed by atoms with Gasteiger partial charge in [0.25, 0.3) is 0 Å². The number of rotatable bonds is 3. The Morgan fingerprint density at radius 3 is 2.27 bits per heavy atom. The van der Waals surface area contributed by atoms with E-state index in [1.807, 2.05) is 0 Å². The lowest BCUT2D eigenvalue weighted by Crippen LogP contribution is -2.57. The summed E-state index contributed by atoms with van der Waals surface area (Å²) >= 11 is 0. The fraction of sp³-hybridized carbons (Fsp3) is 1.00. The Morgan fingerprint density at radius 2 is 1.80 bits per heavy atom. The van der Waals surface area contributed by atoms with E-state index in [-0.39, 0.29) is 11.5 Å². The largest absolute Gasteiger partial charge is 0.392 e. The molecule has 3 atom stereocenters. The van der Waals surface area contributed by atoms with Crippen LogP contribution in [0.4, 0.5) is 0 Å². The van der Waals surface area contributed by atoms with E-state index >= 15 is 0 Å². The molecule has 0 aromatic rings. The molecule has 2 aliphatic rings. The van der Waals surface area contributed by atoms with Crippen LogP contribution in [0.5, 0.6) is 0 Å². The first kappa shape index (κ1) is 11.4. The zero-order valence-corrected chi connectivity index (χ0v) is 10.2. The van der Waals surface area contributed by atoms with Gasteiger partial charge in [-0.15, -0.1) is 0 Å². The molecule has 15 heavy (non-hydrogen) atoms. The lowest BCUT2D eigenvalue weighted by molar-refractivity contribution is -0.210. The topological polar surface area (TPSA) is 29.5 Å². The summed E-state index contributed by atoms with van der Waals surface area (Å²) in [4.78, 5) is 0. The molecule has 2 heteroatoms. The van der Waals surface area contributed by atoms with Crippen LogP contribution in [0, 0.1) is 11.3 Å². The maximum Gasteiger partial charge on any atom is 0.0684 e. The molecular formula is C13H24O2. The monoisotopic (exact) mass is 212 g/mol. The summed E-state index contributed by atoms with van der Waals surface area (Å²) < 4.78 is 6.10. The van der Waals surface area contributed by atoms with Crippen LogP contribution < -0.4 is 0 Å². The molecular weight excluding hydrogens is 188 g/mol. The van der Waals surface area contributed by atoms with Crippen molar-refractivity contribution >= 4 is 0 Å². The SMILES string of the molecule is CC(C)C(C)OC1CC(O)C12CCCC2. The van der Waals surface area contributed by atoms with Crippen molar-refractivity contribution in [3.63, 3.8) is 0 Å². The molecule has 0 amide bonds. The summed E-state index contributed by atoms with van der Waals surface area (Å²) in [5.74, 6) is 0.571. The summed E-state index contributed by atoms with van der Waals surface area (Å²) in [5.41, 5.74) is 0.142. The highest BCUT2D eigenvalue weighted by Gasteiger charge is 2.56. The minimum Gasteiger partial charge on any atom is -0.392 e. The van der Waals surface area contributed by atoms with Crippen molar-refractivity contribution in [3.8, 4) is 0 Å². The van der Waals surface area contributed by atoms with Gasteiger partial charge in [0.05, 0.1) is 18.3 Å². The lowest BCUT2D eigenvalue weighted by Gasteiger charge is -2.52. The van der Waals surface area contributed by atoms with Crippen molar-refractivity contribution in [1.82, 2.24) is 0 Å². The number of hydrogen-bond donors (Lipinski definition) is 1. The van der Waals surface area contributed by atoms with Gasteiger partial charge in [-0.3, -0.25) is 0 Å². The Morgan fingerprint density at radius 1 is 1.20 bits per heavy atom. The zero-order valence-electron chi connectivity index (χ0n) is 10.2. The van der Waals surface area contributed by atoms with Crippen molar-refractivity contribution in [2.75, 3.05) is 0 Å². The van der Waals surface area contributed by atoms with Crippen LogP contribution in [0.25, 0.3) is 0 Å². The summed E-state index contributed by atoms with van der Waals surface area (Å²) in [5, 5.41) is 9.94. The third kappa shape index (κ3) is 1.83. The normalized spacial score (nSPS) is 35.8. The predicted molar refractivity (Wildman–Crippen MR) is 60.7 cm³/mol. The minimum atomic E-state index is -0.0932. The van der Waals surface area contributed by atoms with Crippen LogP contribution >= 0.6 is 0 Å². The molecule has 2 saturated carbocycles. The van der Waals surface area contributed by atoms with E-state index in [0.717, 1.165) is 6.42 Å². The van der Waals surface area contributed by atoms with E-state index < -0.39 is 0 Å². The minimum absolute atomic E-state index is 0.0932. The van der Waals surface area contributed by atoms with Gasteiger partial charge in [0.1, 0.15) is 0 Å². The molecule has 1 spiro atoms. The Hall–Kier alpha value is -0.0800. The van der Waals surface area contributed by atoms with Crippen LogP contribution in [-0.4, -0.2) is 23.4 Å². The van der Waals surface area contributed by atoms with Crippen LogP contribution in [-0.2, 0) is 4.74 Å². The lowest BCUT2D eigenvalue weighted by atomic mass is 9.62. The van der Waals surface area contributed by atoms with E-state index in [9.17, 15) is 5.11 Å². The Bertz CT molecular complexity index is 219. The molecule has 2 aliphatic carbocycles. The third-order valence-electron chi connectivity index (χ3n) is 4.59. The average molecular weight is 212 g/mol. The fourth-order valence-corrected chi connectivity index (χ4v) is 3.02. The zero-order chi connectivity index (χ0) is 11.1. The third-order valence-corrected chi connectivity index (χ3v) is 4.59. The Labute approximate surface area is 93.0 Å². The molecule has 0 aromatic carbocycles. The van der Waals surface area contributed by atoms with Gasteiger partial charge in [0.15, 0.2) is 0 Å².